The molecule has 6 nitrogen and oxygen atoms in total. The molecule has 1 aliphatic carbocycles. The highest BCUT2D eigenvalue weighted by molar-refractivity contribution is 5.81. The molecule has 0 atom stereocenters. The summed E-state index contributed by atoms with van der Waals surface area (Å²) in [6, 6.07) is 3.76. The second-order valence-corrected chi connectivity index (χ2v) is 7.20. The summed E-state index contributed by atoms with van der Waals surface area (Å²) in [5.41, 5.74) is 0.886. The molecule has 0 spiro atoms. The minimum Gasteiger partial charge on any atom is -0.478 e. The van der Waals surface area contributed by atoms with Crippen LogP contribution in [0, 0.1) is 11.8 Å². The van der Waals surface area contributed by atoms with Crippen molar-refractivity contribution in [3.8, 4) is 5.88 Å². The van der Waals surface area contributed by atoms with Gasteiger partial charge in [0.05, 0.1) is 6.61 Å². The fourth-order valence-corrected chi connectivity index (χ4v) is 3.95. The van der Waals surface area contributed by atoms with Crippen LogP contribution in [-0.2, 0) is 16.1 Å². The molecule has 26 heavy (non-hydrogen) atoms. The molecule has 1 saturated heterocycles. The van der Waals surface area contributed by atoms with Crippen molar-refractivity contribution < 1.29 is 14.3 Å². The molecule has 2 amide bonds. The van der Waals surface area contributed by atoms with Crippen molar-refractivity contribution in [3.63, 3.8) is 0 Å². The maximum atomic E-state index is 12.5. The Hall–Kier alpha value is -2.11. The predicted molar refractivity (Wildman–Crippen MR) is 98.5 cm³/mol. The first kappa shape index (κ1) is 18.7. The summed E-state index contributed by atoms with van der Waals surface area (Å²) in [7, 11) is 0. The van der Waals surface area contributed by atoms with Crippen molar-refractivity contribution in [3.05, 3.63) is 23.9 Å². The summed E-state index contributed by atoms with van der Waals surface area (Å²) in [6.45, 7) is 4.28. The Bertz CT molecular complexity index is 620. The standard InChI is InChI=1S/C20H29N3O3/c1-2-26-19-17(8-5-11-21-19)14-22-18(24)15-9-12-23(13-10-15)20(25)16-6-3-4-7-16/h5,8,11,15-16H,2-4,6-7,9-10,12-14H2,1H3,(H,22,24). The van der Waals surface area contributed by atoms with Crippen LogP contribution in [0.3, 0.4) is 0 Å². The van der Waals surface area contributed by atoms with Crippen molar-refractivity contribution >= 4 is 11.8 Å². The number of nitrogens with one attached hydrogen (secondary N) is 1. The lowest BCUT2D eigenvalue weighted by Crippen LogP contribution is -2.44. The van der Waals surface area contributed by atoms with Gasteiger partial charge in [-0.25, -0.2) is 4.98 Å². The summed E-state index contributed by atoms with van der Waals surface area (Å²) >= 11 is 0. The molecule has 0 aromatic carbocycles. The van der Waals surface area contributed by atoms with E-state index in [1.807, 2.05) is 24.0 Å². The van der Waals surface area contributed by atoms with Gasteiger partial charge in [0.2, 0.25) is 17.7 Å². The minimum atomic E-state index is -0.0187. The number of hydrogen-bond acceptors (Lipinski definition) is 4. The smallest absolute Gasteiger partial charge is 0.225 e. The van der Waals surface area contributed by atoms with Crippen molar-refractivity contribution in [1.82, 2.24) is 15.2 Å². The summed E-state index contributed by atoms with van der Waals surface area (Å²) in [6.07, 6.45) is 7.60. The van der Waals surface area contributed by atoms with Crippen LogP contribution in [-0.4, -0.2) is 41.4 Å². The Morgan fingerprint density at radius 2 is 1.92 bits per heavy atom. The number of amides is 2. The monoisotopic (exact) mass is 359 g/mol. The van der Waals surface area contributed by atoms with E-state index in [2.05, 4.69) is 10.3 Å². The molecule has 3 rings (SSSR count). The third-order valence-electron chi connectivity index (χ3n) is 5.47. The number of carbonyl (C=O) groups excluding carboxylic acids is 2. The van der Waals surface area contributed by atoms with E-state index < -0.39 is 0 Å². The van der Waals surface area contributed by atoms with E-state index in [1.54, 1.807) is 6.20 Å². The Balaban J connectivity index is 1.46. The Labute approximate surface area is 155 Å². The molecule has 0 radical (unpaired) electrons. The number of nitrogens with zero attached hydrogens (tertiary/aromatic N) is 2. The fraction of sp³-hybridized carbons (Fsp3) is 0.650. The van der Waals surface area contributed by atoms with Gasteiger partial charge in [0, 0.05) is 43.2 Å². The van der Waals surface area contributed by atoms with Crippen LogP contribution >= 0.6 is 0 Å². The van der Waals surface area contributed by atoms with Crippen LogP contribution in [0.5, 0.6) is 5.88 Å². The number of piperidine rings is 1. The van der Waals surface area contributed by atoms with Crippen LogP contribution in [0.1, 0.15) is 51.0 Å². The SMILES string of the molecule is CCOc1ncccc1CNC(=O)C1CCN(C(=O)C2CCCC2)CC1. The average Bonchev–Trinajstić information content (AvgIpc) is 3.21. The van der Waals surface area contributed by atoms with Crippen LogP contribution in [0.25, 0.3) is 0 Å². The van der Waals surface area contributed by atoms with E-state index in [9.17, 15) is 9.59 Å². The van der Waals surface area contributed by atoms with Crippen LogP contribution < -0.4 is 10.1 Å². The van der Waals surface area contributed by atoms with Crippen LogP contribution in [0.15, 0.2) is 18.3 Å². The summed E-state index contributed by atoms with van der Waals surface area (Å²) < 4.78 is 5.50. The zero-order valence-electron chi connectivity index (χ0n) is 15.6. The number of aromatic nitrogens is 1. The Morgan fingerprint density at radius 3 is 2.62 bits per heavy atom. The van der Waals surface area contributed by atoms with Crippen molar-refractivity contribution in [2.24, 2.45) is 11.8 Å². The lowest BCUT2D eigenvalue weighted by atomic mass is 9.94. The van der Waals surface area contributed by atoms with Gasteiger partial charge in [-0.05, 0) is 38.7 Å². The lowest BCUT2D eigenvalue weighted by Gasteiger charge is -2.33. The van der Waals surface area contributed by atoms with E-state index in [4.69, 9.17) is 4.74 Å². The third-order valence-corrected chi connectivity index (χ3v) is 5.47. The summed E-state index contributed by atoms with van der Waals surface area (Å²) in [4.78, 5) is 31.2. The third kappa shape index (κ3) is 4.54. The highest BCUT2D eigenvalue weighted by Gasteiger charge is 2.31. The molecule has 0 bridgehead atoms. The molecule has 1 N–H and O–H groups in total. The second kappa shape index (κ2) is 9.01. The second-order valence-electron chi connectivity index (χ2n) is 7.20. The van der Waals surface area contributed by atoms with Gasteiger partial charge in [0.1, 0.15) is 0 Å². The average molecular weight is 359 g/mol. The minimum absolute atomic E-state index is 0.0187. The van der Waals surface area contributed by atoms with Crippen LogP contribution in [0.2, 0.25) is 0 Å². The molecule has 1 aromatic rings. The molecule has 1 saturated carbocycles. The first-order chi connectivity index (χ1) is 12.7. The number of carbonyl (C=O) groups is 2. The van der Waals surface area contributed by atoms with Gasteiger partial charge in [-0.15, -0.1) is 0 Å². The van der Waals surface area contributed by atoms with Gasteiger partial charge in [-0.1, -0.05) is 18.9 Å². The van der Waals surface area contributed by atoms with E-state index in [1.165, 1.54) is 12.8 Å². The van der Waals surface area contributed by atoms with Gasteiger partial charge in [0.15, 0.2) is 0 Å². The maximum absolute atomic E-state index is 12.5. The van der Waals surface area contributed by atoms with Gasteiger partial charge in [-0.2, -0.15) is 0 Å². The molecule has 0 unspecified atom stereocenters. The van der Waals surface area contributed by atoms with E-state index in [0.29, 0.717) is 38.0 Å². The number of pyridine rings is 1. The van der Waals surface area contributed by atoms with Gasteiger partial charge in [-0.3, -0.25) is 9.59 Å². The van der Waals surface area contributed by atoms with E-state index >= 15 is 0 Å². The topological polar surface area (TPSA) is 71.5 Å². The normalized spacial score (nSPS) is 18.7. The van der Waals surface area contributed by atoms with Crippen molar-refractivity contribution in [2.45, 2.75) is 52.0 Å². The molecule has 2 aliphatic rings. The molecular formula is C20H29N3O3. The zero-order valence-corrected chi connectivity index (χ0v) is 15.6. The molecular weight excluding hydrogens is 330 g/mol. The molecule has 1 aromatic heterocycles. The van der Waals surface area contributed by atoms with Gasteiger partial charge in [0.25, 0.3) is 0 Å². The van der Waals surface area contributed by atoms with Gasteiger partial charge < -0.3 is 15.0 Å². The quantitative estimate of drug-likeness (QED) is 0.847. The molecule has 1 aliphatic heterocycles. The number of rotatable bonds is 6. The highest BCUT2D eigenvalue weighted by atomic mass is 16.5. The van der Waals surface area contributed by atoms with E-state index in [0.717, 1.165) is 31.2 Å². The molecule has 2 fully saturated rings. The summed E-state index contributed by atoms with van der Waals surface area (Å²) in [5.74, 6) is 1.15. The molecule has 6 heteroatoms. The molecule has 2 heterocycles. The van der Waals surface area contributed by atoms with Crippen molar-refractivity contribution in [1.29, 1.82) is 0 Å². The van der Waals surface area contributed by atoms with E-state index in [-0.39, 0.29) is 17.7 Å². The first-order valence-electron chi connectivity index (χ1n) is 9.82. The van der Waals surface area contributed by atoms with Crippen LogP contribution in [0.4, 0.5) is 0 Å². The first-order valence-corrected chi connectivity index (χ1v) is 9.82. The molecule has 142 valence electrons. The fourth-order valence-electron chi connectivity index (χ4n) is 3.95. The predicted octanol–water partition coefficient (Wildman–Crippen LogP) is 2.53. The number of likely N-dealkylation sites (tertiary alicyclic amines) is 1. The highest BCUT2D eigenvalue weighted by Crippen LogP contribution is 2.28. The Morgan fingerprint density at radius 1 is 1.19 bits per heavy atom. The Kier molecular flexibility index (Phi) is 6.47. The lowest BCUT2D eigenvalue weighted by molar-refractivity contribution is -0.139. The summed E-state index contributed by atoms with van der Waals surface area (Å²) in [5, 5.41) is 3.00. The van der Waals surface area contributed by atoms with Gasteiger partial charge >= 0.3 is 0 Å². The zero-order chi connectivity index (χ0) is 18.4. The maximum Gasteiger partial charge on any atom is 0.225 e. The largest absolute Gasteiger partial charge is 0.478 e. The van der Waals surface area contributed by atoms with Crippen molar-refractivity contribution in [2.75, 3.05) is 19.7 Å². The number of ether oxygens (including phenoxy) is 1. The number of hydrogen-bond donors (Lipinski definition) is 1.